The van der Waals surface area contributed by atoms with Gasteiger partial charge in [0.1, 0.15) is 0 Å². The predicted molar refractivity (Wildman–Crippen MR) is 86.3 cm³/mol. The Balaban J connectivity index is 1.68. The molecule has 0 fully saturated rings. The maximum Gasteiger partial charge on any atom is 0.0407 e. The van der Waals surface area contributed by atoms with Crippen molar-refractivity contribution in [1.82, 2.24) is 9.97 Å². The lowest BCUT2D eigenvalue weighted by atomic mass is 10.1. The van der Waals surface area contributed by atoms with Crippen LogP contribution in [0.3, 0.4) is 0 Å². The largest absolute Gasteiger partial charge is 0.265 e. The van der Waals surface area contributed by atoms with Crippen molar-refractivity contribution < 1.29 is 0 Å². The van der Waals surface area contributed by atoms with Gasteiger partial charge in [0.15, 0.2) is 0 Å². The van der Waals surface area contributed by atoms with Crippen LogP contribution in [0, 0.1) is 0 Å². The fourth-order valence-corrected chi connectivity index (χ4v) is 2.33. The van der Waals surface area contributed by atoms with E-state index in [0.717, 1.165) is 34.7 Å². The van der Waals surface area contributed by atoms with Crippen LogP contribution in [0.25, 0.3) is 11.1 Å². The third-order valence-electron chi connectivity index (χ3n) is 3.42. The monoisotopic (exact) mass is 294 g/mol. The number of pyridine rings is 2. The summed E-state index contributed by atoms with van der Waals surface area (Å²) < 4.78 is 0. The fraction of sp³-hybridized carbons (Fsp3) is 0.111. The first-order valence-electron chi connectivity index (χ1n) is 6.91. The number of aryl methyl sites for hydroxylation is 2. The van der Waals surface area contributed by atoms with Crippen LogP contribution in [-0.4, -0.2) is 9.97 Å². The maximum atomic E-state index is 5.90. The van der Waals surface area contributed by atoms with E-state index in [9.17, 15) is 0 Å². The number of hydrogen-bond donors (Lipinski definition) is 0. The summed E-state index contributed by atoms with van der Waals surface area (Å²) in [5.41, 5.74) is 4.63. The van der Waals surface area contributed by atoms with Crippen molar-refractivity contribution >= 4 is 11.6 Å². The van der Waals surface area contributed by atoms with Gasteiger partial charge in [0, 0.05) is 34.9 Å². The summed E-state index contributed by atoms with van der Waals surface area (Å²) in [6.07, 6.45) is 7.49. The number of rotatable bonds is 4. The average Bonchev–Trinajstić information content (AvgIpc) is 2.55. The second-order valence-electron chi connectivity index (χ2n) is 4.90. The van der Waals surface area contributed by atoms with Crippen molar-refractivity contribution in [1.29, 1.82) is 0 Å². The van der Waals surface area contributed by atoms with E-state index in [1.807, 2.05) is 55.0 Å². The molecule has 2 heterocycles. The molecule has 21 heavy (non-hydrogen) atoms. The molecule has 0 N–H and O–H groups in total. The molecule has 0 saturated heterocycles. The first kappa shape index (κ1) is 13.8. The Kier molecular flexibility index (Phi) is 4.27. The zero-order valence-electron chi connectivity index (χ0n) is 11.5. The van der Waals surface area contributed by atoms with Crippen LogP contribution in [0.5, 0.6) is 0 Å². The van der Waals surface area contributed by atoms with E-state index >= 15 is 0 Å². The molecule has 3 heteroatoms. The standard InChI is InChI=1S/C18H15ClN2/c19-17-5-2-15(3-6-17)16-4-8-18(21-13-16)7-1-14-9-11-20-12-10-14/h2-6,8-13H,1,7H2. The number of halogens is 1. The number of nitrogens with zero attached hydrogens (tertiary/aromatic N) is 2. The minimum Gasteiger partial charge on any atom is -0.265 e. The molecule has 0 unspecified atom stereocenters. The highest BCUT2D eigenvalue weighted by Gasteiger charge is 2.00. The van der Waals surface area contributed by atoms with Gasteiger partial charge in [0.05, 0.1) is 0 Å². The van der Waals surface area contributed by atoms with Crippen LogP contribution in [0.1, 0.15) is 11.3 Å². The molecule has 0 atom stereocenters. The summed E-state index contributed by atoms with van der Waals surface area (Å²) in [7, 11) is 0. The topological polar surface area (TPSA) is 25.8 Å². The van der Waals surface area contributed by atoms with Crippen molar-refractivity contribution in [3.63, 3.8) is 0 Å². The van der Waals surface area contributed by atoms with Gasteiger partial charge in [-0.2, -0.15) is 0 Å². The van der Waals surface area contributed by atoms with E-state index < -0.39 is 0 Å². The highest BCUT2D eigenvalue weighted by atomic mass is 35.5. The van der Waals surface area contributed by atoms with E-state index in [0.29, 0.717) is 0 Å². The Morgan fingerprint density at radius 3 is 2.14 bits per heavy atom. The van der Waals surface area contributed by atoms with Crippen LogP contribution in [-0.2, 0) is 12.8 Å². The van der Waals surface area contributed by atoms with Crippen LogP contribution in [0.2, 0.25) is 5.02 Å². The van der Waals surface area contributed by atoms with Crippen molar-refractivity contribution in [3.05, 3.63) is 83.4 Å². The average molecular weight is 295 g/mol. The van der Waals surface area contributed by atoms with Gasteiger partial charge < -0.3 is 0 Å². The van der Waals surface area contributed by atoms with Crippen molar-refractivity contribution in [2.75, 3.05) is 0 Å². The lowest BCUT2D eigenvalue weighted by Gasteiger charge is -2.04. The van der Waals surface area contributed by atoms with Gasteiger partial charge in [-0.15, -0.1) is 0 Å². The fourth-order valence-electron chi connectivity index (χ4n) is 2.21. The summed E-state index contributed by atoms with van der Waals surface area (Å²) in [4.78, 5) is 8.57. The molecular formula is C18H15ClN2. The third-order valence-corrected chi connectivity index (χ3v) is 3.67. The second kappa shape index (κ2) is 6.51. The Labute approximate surface area is 129 Å². The predicted octanol–water partition coefficient (Wildman–Crippen LogP) is 4.58. The zero-order chi connectivity index (χ0) is 14.5. The molecule has 0 bridgehead atoms. The lowest BCUT2D eigenvalue weighted by molar-refractivity contribution is 0.911. The second-order valence-corrected chi connectivity index (χ2v) is 5.34. The summed E-state index contributed by atoms with van der Waals surface area (Å²) in [5, 5.41) is 0.751. The Morgan fingerprint density at radius 2 is 1.48 bits per heavy atom. The molecule has 0 radical (unpaired) electrons. The summed E-state index contributed by atoms with van der Waals surface area (Å²) in [5.74, 6) is 0. The van der Waals surface area contributed by atoms with Gasteiger partial charge in [-0.3, -0.25) is 9.97 Å². The van der Waals surface area contributed by atoms with E-state index in [1.54, 1.807) is 0 Å². The molecule has 0 aliphatic carbocycles. The maximum absolute atomic E-state index is 5.90. The van der Waals surface area contributed by atoms with Gasteiger partial charge in [-0.25, -0.2) is 0 Å². The molecule has 3 aromatic rings. The molecule has 0 amide bonds. The van der Waals surface area contributed by atoms with Gasteiger partial charge in [-0.1, -0.05) is 29.8 Å². The molecule has 3 rings (SSSR count). The van der Waals surface area contributed by atoms with E-state index in [2.05, 4.69) is 22.1 Å². The highest BCUT2D eigenvalue weighted by Crippen LogP contribution is 2.21. The van der Waals surface area contributed by atoms with E-state index in [-0.39, 0.29) is 0 Å². The van der Waals surface area contributed by atoms with Gasteiger partial charge in [-0.05, 0) is 54.3 Å². The van der Waals surface area contributed by atoms with Crippen molar-refractivity contribution in [2.24, 2.45) is 0 Å². The van der Waals surface area contributed by atoms with E-state index in [1.165, 1.54) is 5.56 Å². The number of aromatic nitrogens is 2. The normalized spacial score (nSPS) is 10.5. The van der Waals surface area contributed by atoms with Crippen LogP contribution in [0.15, 0.2) is 67.1 Å². The highest BCUT2D eigenvalue weighted by molar-refractivity contribution is 6.30. The minimum absolute atomic E-state index is 0.751. The molecule has 2 nitrogen and oxygen atoms in total. The molecule has 2 aromatic heterocycles. The van der Waals surface area contributed by atoms with Gasteiger partial charge in [0.25, 0.3) is 0 Å². The van der Waals surface area contributed by atoms with Gasteiger partial charge in [0.2, 0.25) is 0 Å². The van der Waals surface area contributed by atoms with Crippen LogP contribution >= 0.6 is 11.6 Å². The van der Waals surface area contributed by atoms with Crippen molar-refractivity contribution in [3.8, 4) is 11.1 Å². The molecule has 0 spiro atoms. The lowest BCUT2D eigenvalue weighted by Crippen LogP contribution is -1.94. The first-order valence-corrected chi connectivity index (χ1v) is 7.29. The quantitative estimate of drug-likeness (QED) is 0.704. The van der Waals surface area contributed by atoms with Gasteiger partial charge >= 0.3 is 0 Å². The molecule has 104 valence electrons. The first-order chi connectivity index (χ1) is 10.3. The Bertz CT molecular complexity index is 692. The molecule has 0 saturated carbocycles. The molecular weight excluding hydrogens is 280 g/mol. The Morgan fingerprint density at radius 1 is 0.762 bits per heavy atom. The van der Waals surface area contributed by atoms with Crippen LogP contribution in [0.4, 0.5) is 0 Å². The summed E-state index contributed by atoms with van der Waals surface area (Å²) >= 11 is 5.90. The van der Waals surface area contributed by atoms with Crippen LogP contribution < -0.4 is 0 Å². The molecule has 1 aromatic carbocycles. The minimum atomic E-state index is 0.751. The zero-order valence-corrected chi connectivity index (χ0v) is 12.3. The van der Waals surface area contributed by atoms with Crippen molar-refractivity contribution in [2.45, 2.75) is 12.8 Å². The number of hydrogen-bond acceptors (Lipinski definition) is 2. The smallest absolute Gasteiger partial charge is 0.0407 e. The molecule has 0 aliphatic rings. The Hall–Kier alpha value is -2.19. The third kappa shape index (κ3) is 3.67. The summed E-state index contributed by atoms with van der Waals surface area (Å²) in [6, 6.07) is 16.1. The SMILES string of the molecule is Clc1ccc(-c2ccc(CCc3ccncc3)nc2)cc1. The summed E-state index contributed by atoms with van der Waals surface area (Å²) in [6.45, 7) is 0. The molecule has 0 aliphatic heterocycles. The number of benzene rings is 1. The van der Waals surface area contributed by atoms with E-state index in [4.69, 9.17) is 11.6 Å².